The Morgan fingerprint density at radius 3 is 2.68 bits per heavy atom. The van der Waals surface area contributed by atoms with Gasteiger partial charge in [-0.1, -0.05) is 48.6 Å². The molecule has 0 aromatic carbocycles. The van der Waals surface area contributed by atoms with Gasteiger partial charge in [0.15, 0.2) is 0 Å². The molecule has 0 radical (unpaired) electrons. The van der Waals surface area contributed by atoms with Crippen molar-refractivity contribution in [2.24, 2.45) is 17.6 Å². The Kier molecular flexibility index (Phi) is 5.30. The molecule has 0 bridgehead atoms. The van der Waals surface area contributed by atoms with E-state index in [4.69, 9.17) is 5.73 Å². The van der Waals surface area contributed by atoms with Crippen LogP contribution in [-0.4, -0.2) is 0 Å². The molecule has 2 aliphatic carbocycles. The number of nitrogens with two attached hydrogens (primary N) is 1. The number of allylic oxidation sites excluding steroid dienone is 5. The van der Waals surface area contributed by atoms with E-state index in [1.54, 1.807) is 5.57 Å². The molecule has 2 N–H and O–H groups in total. The van der Waals surface area contributed by atoms with Gasteiger partial charge in [-0.25, -0.2) is 0 Å². The smallest absolute Gasteiger partial charge is 0.00675 e. The summed E-state index contributed by atoms with van der Waals surface area (Å²) in [5.41, 5.74) is 10.6. The summed E-state index contributed by atoms with van der Waals surface area (Å²) in [4.78, 5) is 0. The Morgan fingerprint density at radius 2 is 2.00 bits per heavy atom. The standard InChI is InChI=1S/C18H29N/c1-14-4-3-5-17(18(13-19)11-8-14)12-16-9-6-15(2)7-10-16/h6,9,13-14,17H,3-5,7-8,10-12,19H2,1-2H3/b18-13-. The second-order valence-electron chi connectivity index (χ2n) is 6.56. The maximum absolute atomic E-state index is 5.89. The zero-order chi connectivity index (χ0) is 13.7. The van der Waals surface area contributed by atoms with Gasteiger partial charge >= 0.3 is 0 Å². The van der Waals surface area contributed by atoms with Gasteiger partial charge in [-0.15, -0.1) is 0 Å². The van der Waals surface area contributed by atoms with E-state index in [0.717, 1.165) is 5.92 Å². The highest BCUT2D eigenvalue weighted by atomic mass is 14.5. The van der Waals surface area contributed by atoms with Gasteiger partial charge in [-0.05, 0) is 63.5 Å². The second-order valence-corrected chi connectivity index (χ2v) is 6.56. The molecule has 0 aliphatic heterocycles. The highest BCUT2D eigenvalue weighted by Crippen LogP contribution is 2.35. The minimum absolute atomic E-state index is 0.704. The van der Waals surface area contributed by atoms with Crippen LogP contribution in [0.1, 0.15) is 65.2 Å². The van der Waals surface area contributed by atoms with Crippen molar-refractivity contribution in [1.82, 2.24) is 0 Å². The Labute approximate surface area is 118 Å². The Balaban J connectivity index is 2.00. The molecule has 106 valence electrons. The molecule has 0 spiro atoms. The van der Waals surface area contributed by atoms with Crippen LogP contribution < -0.4 is 5.73 Å². The van der Waals surface area contributed by atoms with Crippen LogP contribution in [0.2, 0.25) is 0 Å². The highest BCUT2D eigenvalue weighted by Gasteiger charge is 2.20. The molecule has 1 nitrogen and oxygen atoms in total. The van der Waals surface area contributed by atoms with Crippen LogP contribution in [0.3, 0.4) is 0 Å². The van der Waals surface area contributed by atoms with E-state index < -0.39 is 0 Å². The molecule has 0 amide bonds. The molecule has 1 heteroatoms. The van der Waals surface area contributed by atoms with E-state index in [1.165, 1.54) is 62.5 Å². The van der Waals surface area contributed by atoms with Crippen molar-refractivity contribution in [2.75, 3.05) is 0 Å². The van der Waals surface area contributed by atoms with E-state index in [2.05, 4.69) is 26.0 Å². The molecule has 0 aromatic rings. The summed E-state index contributed by atoms with van der Waals surface area (Å²) >= 11 is 0. The molecule has 1 saturated carbocycles. The van der Waals surface area contributed by atoms with Crippen LogP contribution in [0.25, 0.3) is 0 Å². The third-order valence-electron chi connectivity index (χ3n) is 4.87. The molecule has 0 heterocycles. The molecule has 2 unspecified atom stereocenters. The highest BCUT2D eigenvalue weighted by molar-refractivity contribution is 5.24. The minimum Gasteiger partial charge on any atom is -0.405 e. The van der Waals surface area contributed by atoms with E-state index in [1.807, 2.05) is 6.20 Å². The maximum atomic E-state index is 5.89. The topological polar surface area (TPSA) is 26.0 Å². The molecule has 0 saturated heterocycles. The summed E-state index contributed by atoms with van der Waals surface area (Å²) in [6, 6.07) is 0. The first-order valence-electron chi connectivity index (χ1n) is 7.95. The summed E-state index contributed by atoms with van der Waals surface area (Å²) in [6.07, 6.45) is 16.9. The average molecular weight is 259 g/mol. The van der Waals surface area contributed by atoms with Gasteiger partial charge in [0, 0.05) is 0 Å². The molecule has 2 atom stereocenters. The molecule has 2 rings (SSSR count). The van der Waals surface area contributed by atoms with Crippen molar-refractivity contribution >= 4 is 0 Å². The fourth-order valence-electron chi connectivity index (χ4n) is 3.38. The molecule has 2 aliphatic rings. The average Bonchev–Trinajstić information content (AvgIpc) is 2.39. The van der Waals surface area contributed by atoms with Crippen LogP contribution in [0, 0.1) is 11.8 Å². The van der Waals surface area contributed by atoms with Crippen molar-refractivity contribution in [3.8, 4) is 0 Å². The van der Waals surface area contributed by atoms with Gasteiger partial charge in [0.05, 0.1) is 0 Å². The lowest BCUT2D eigenvalue weighted by atomic mass is 9.79. The zero-order valence-corrected chi connectivity index (χ0v) is 12.6. The van der Waals surface area contributed by atoms with Gasteiger partial charge in [0.25, 0.3) is 0 Å². The van der Waals surface area contributed by atoms with Crippen molar-refractivity contribution in [2.45, 2.75) is 65.2 Å². The van der Waals surface area contributed by atoms with Crippen LogP contribution in [0.15, 0.2) is 35.1 Å². The maximum Gasteiger partial charge on any atom is -0.00675 e. The first-order valence-corrected chi connectivity index (χ1v) is 7.95. The lowest BCUT2D eigenvalue weighted by Crippen LogP contribution is -2.13. The fourth-order valence-corrected chi connectivity index (χ4v) is 3.38. The van der Waals surface area contributed by atoms with Crippen LogP contribution in [0.5, 0.6) is 0 Å². The number of hydrogen-bond donors (Lipinski definition) is 1. The predicted molar refractivity (Wildman–Crippen MR) is 83.7 cm³/mol. The van der Waals surface area contributed by atoms with E-state index >= 15 is 0 Å². The monoisotopic (exact) mass is 259 g/mol. The first kappa shape index (κ1) is 14.4. The van der Waals surface area contributed by atoms with Gasteiger partial charge < -0.3 is 5.73 Å². The fraction of sp³-hybridized carbons (Fsp3) is 0.667. The molecule has 19 heavy (non-hydrogen) atoms. The lowest BCUT2D eigenvalue weighted by Gasteiger charge is -2.27. The normalized spacial score (nSPS) is 31.4. The van der Waals surface area contributed by atoms with Crippen LogP contribution in [-0.2, 0) is 0 Å². The summed E-state index contributed by atoms with van der Waals surface area (Å²) in [5, 5.41) is 0. The summed E-state index contributed by atoms with van der Waals surface area (Å²) in [6.45, 7) is 4.61. The van der Waals surface area contributed by atoms with E-state index in [-0.39, 0.29) is 0 Å². The zero-order valence-electron chi connectivity index (χ0n) is 12.6. The molecule has 0 aromatic heterocycles. The summed E-state index contributed by atoms with van der Waals surface area (Å²) < 4.78 is 0. The summed E-state index contributed by atoms with van der Waals surface area (Å²) in [7, 11) is 0. The first-order chi connectivity index (χ1) is 9.19. The molecular formula is C18H29N. The van der Waals surface area contributed by atoms with E-state index in [0.29, 0.717) is 5.92 Å². The third kappa shape index (κ3) is 4.26. The van der Waals surface area contributed by atoms with Crippen molar-refractivity contribution in [3.63, 3.8) is 0 Å². The van der Waals surface area contributed by atoms with Crippen molar-refractivity contribution < 1.29 is 0 Å². The summed E-state index contributed by atoms with van der Waals surface area (Å²) in [5.74, 6) is 1.57. The van der Waals surface area contributed by atoms with Gasteiger partial charge in [0.2, 0.25) is 0 Å². The van der Waals surface area contributed by atoms with Gasteiger partial charge in [-0.3, -0.25) is 0 Å². The van der Waals surface area contributed by atoms with Crippen molar-refractivity contribution in [1.29, 1.82) is 0 Å². The molecule has 1 fully saturated rings. The SMILES string of the molecule is CC1=CC=C(CC2CCCC(C)CC/C2=C/N)CC1. The van der Waals surface area contributed by atoms with Crippen molar-refractivity contribution in [3.05, 3.63) is 35.1 Å². The van der Waals surface area contributed by atoms with Gasteiger partial charge in [-0.2, -0.15) is 0 Å². The Hall–Kier alpha value is -0.980. The van der Waals surface area contributed by atoms with Crippen LogP contribution in [0.4, 0.5) is 0 Å². The second kappa shape index (κ2) is 6.98. The van der Waals surface area contributed by atoms with Gasteiger partial charge in [0.1, 0.15) is 0 Å². The quantitative estimate of drug-likeness (QED) is 0.733. The molecular weight excluding hydrogens is 230 g/mol. The lowest BCUT2D eigenvalue weighted by molar-refractivity contribution is 0.386. The largest absolute Gasteiger partial charge is 0.405 e. The van der Waals surface area contributed by atoms with E-state index in [9.17, 15) is 0 Å². The number of hydrogen-bond acceptors (Lipinski definition) is 1. The Bertz CT molecular complexity index is 386. The Morgan fingerprint density at radius 1 is 1.16 bits per heavy atom. The third-order valence-corrected chi connectivity index (χ3v) is 4.87. The minimum atomic E-state index is 0.704. The van der Waals surface area contributed by atoms with Crippen LogP contribution >= 0.6 is 0 Å². The number of rotatable bonds is 2. The predicted octanol–water partition coefficient (Wildman–Crippen LogP) is 5.10.